The van der Waals surface area contributed by atoms with Crippen molar-refractivity contribution in [3.63, 3.8) is 0 Å². The summed E-state index contributed by atoms with van der Waals surface area (Å²) in [6.45, 7) is 2.39. The van der Waals surface area contributed by atoms with Crippen LogP contribution < -0.4 is 0 Å². The van der Waals surface area contributed by atoms with Crippen molar-refractivity contribution in [2.24, 2.45) is 5.92 Å². The Morgan fingerprint density at radius 3 is 3.00 bits per heavy atom. The average molecular weight is 211 g/mol. The first-order chi connectivity index (χ1) is 7.15. The maximum Gasteiger partial charge on any atom is 0.166 e. The van der Waals surface area contributed by atoms with E-state index in [9.17, 15) is 9.18 Å². The van der Waals surface area contributed by atoms with E-state index >= 15 is 0 Å². The minimum Gasteiger partial charge on any atom is -0.384 e. The highest BCUT2D eigenvalue weighted by Crippen LogP contribution is 2.12. The van der Waals surface area contributed by atoms with Gasteiger partial charge in [0, 0.05) is 26.3 Å². The Morgan fingerprint density at radius 1 is 1.67 bits per heavy atom. The number of nitrogens with zero attached hydrogens (tertiary/aromatic N) is 1. The number of hydrogen-bond donors (Lipinski definition) is 0. The van der Waals surface area contributed by atoms with Crippen molar-refractivity contribution in [1.29, 1.82) is 0 Å². The van der Waals surface area contributed by atoms with Crippen molar-refractivity contribution in [2.45, 2.75) is 13.3 Å². The van der Waals surface area contributed by atoms with Gasteiger partial charge in [-0.15, -0.1) is 0 Å². The summed E-state index contributed by atoms with van der Waals surface area (Å²) in [7, 11) is 1.58. The molecule has 1 aromatic rings. The summed E-state index contributed by atoms with van der Waals surface area (Å²) in [5, 5.41) is 0. The fourth-order valence-corrected chi connectivity index (χ4v) is 1.37. The van der Waals surface area contributed by atoms with Crippen LogP contribution in [0.5, 0.6) is 0 Å². The van der Waals surface area contributed by atoms with Crippen LogP contribution in [0, 0.1) is 11.7 Å². The fraction of sp³-hybridized carbons (Fsp3) is 0.455. The van der Waals surface area contributed by atoms with E-state index in [2.05, 4.69) is 4.98 Å². The number of hydrogen-bond acceptors (Lipinski definition) is 3. The van der Waals surface area contributed by atoms with Gasteiger partial charge in [-0.1, -0.05) is 6.92 Å². The van der Waals surface area contributed by atoms with Gasteiger partial charge in [0.05, 0.1) is 11.8 Å². The number of ketones is 1. The van der Waals surface area contributed by atoms with Crippen molar-refractivity contribution in [3.8, 4) is 0 Å². The van der Waals surface area contributed by atoms with Gasteiger partial charge < -0.3 is 4.74 Å². The molecule has 0 aliphatic rings. The SMILES string of the molecule is COCC(C)CC(=O)c1ccncc1F. The van der Waals surface area contributed by atoms with Gasteiger partial charge in [0.2, 0.25) is 0 Å². The number of halogens is 1. The number of methoxy groups -OCH3 is 1. The summed E-state index contributed by atoms with van der Waals surface area (Å²) >= 11 is 0. The van der Waals surface area contributed by atoms with E-state index in [0.717, 1.165) is 6.20 Å². The van der Waals surface area contributed by atoms with Crippen LogP contribution in [0.2, 0.25) is 0 Å². The second-order valence-electron chi connectivity index (χ2n) is 3.54. The smallest absolute Gasteiger partial charge is 0.166 e. The van der Waals surface area contributed by atoms with Crippen LogP contribution in [-0.2, 0) is 4.74 Å². The van der Waals surface area contributed by atoms with Crippen molar-refractivity contribution in [3.05, 3.63) is 29.8 Å². The maximum absolute atomic E-state index is 13.2. The van der Waals surface area contributed by atoms with E-state index in [1.807, 2.05) is 6.92 Å². The van der Waals surface area contributed by atoms with Gasteiger partial charge in [-0.25, -0.2) is 4.39 Å². The lowest BCUT2D eigenvalue weighted by Gasteiger charge is -2.09. The molecule has 0 bridgehead atoms. The maximum atomic E-state index is 13.2. The van der Waals surface area contributed by atoms with Gasteiger partial charge in [-0.05, 0) is 12.0 Å². The number of carbonyl (C=O) groups excluding carboxylic acids is 1. The van der Waals surface area contributed by atoms with Gasteiger partial charge in [0.15, 0.2) is 11.6 Å². The summed E-state index contributed by atoms with van der Waals surface area (Å²) in [4.78, 5) is 15.2. The van der Waals surface area contributed by atoms with Crippen molar-refractivity contribution in [1.82, 2.24) is 4.98 Å². The molecule has 1 aromatic heterocycles. The number of rotatable bonds is 5. The molecule has 0 N–H and O–H groups in total. The van der Waals surface area contributed by atoms with Gasteiger partial charge in [0.25, 0.3) is 0 Å². The quantitative estimate of drug-likeness (QED) is 0.700. The molecule has 0 radical (unpaired) electrons. The first kappa shape index (κ1) is 11.8. The summed E-state index contributed by atoms with van der Waals surface area (Å²) in [5.74, 6) is -0.679. The van der Waals surface area contributed by atoms with Crippen LogP contribution in [0.3, 0.4) is 0 Å². The molecule has 82 valence electrons. The topological polar surface area (TPSA) is 39.2 Å². The molecule has 1 atom stereocenters. The molecule has 0 aliphatic carbocycles. The zero-order chi connectivity index (χ0) is 11.3. The molecular formula is C11H14FNO2. The standard InChI is InChI=1S/C11H14FNO2/c1-8(7-15-2)5-11(14)9-3-4-13-6-10(9)12/h3-4,6,8H,5,7H2,1-2H3. The molecule has 0 spiro atoms. The third kappa shape index (κ3) is 3.40. The van der Waals surface area contributed by atoms with Crippen molar-refractivity contribution >= 4 is 5.78 Å². The molecule has 0 saturated carbocycles. The summed E-state index contributed by atoms with van der Waals surface area (Å²) in [6.07, 6.45) is 2.75. The van der Waals surface area contributed by atoms with E-state index in [1.54, 1.807) is 7.11 Å². The Hall–Kier alpha value is -1.29. The summed E-state index contributed by atoms with van der Waals surface area (Å²) in [6, 6.07) is 1.40. The number of ether oxygens (including phenoxy) is 1. The summed E-state index contributed by atoms with van der Waals surface area (Å²) in [5.41, 5.74) is 0.105. The van der Waals surface area contributed by atoms with Gasteiger partial charge >= 0.3 is 0 Å². The van der Waals surface area contributed by atoms with Crippen molar-refractivity contribution < 1.29 is 13.9 Å². The number of Topliss-reactive ketones (excluding diaryl/α,β-unsaturated/α-hetero) is 1. The third-order valence-electron chi connectivity index (χ3n) is 2.06. The van der Waals surface area contributed by atoms with E-state index in [-0.39, 0.29) is 23.7 Å². The Labute approximate surface area is 88.3 Å². The molecule has 1 heterocycles. The van der Waals surface area contributed by atoms with Gasteiger partial charge in [-0.3, -0.25) is 9.78 Å². The molecule has 4 heteroatoms. The van der Waals surface area contributed by atoms with Crippen LogP contribution in [0.25, 0.3) is 0 Å². The van der Waals surface area contributed by atoms with Crippen LogP contribution in [-0.4, -0.2) is 24.5 Å². The lowest BCUT2D eigenvalue weighted by molar-refractivity contribution is 0.0916. The third-order valence-corrected chi connectivity index (χ3v) is 2.06. The molecule has 0 amide bonds. The highest BCUT2D eigenvalue weighted by Gasteiger charge is 2.14. The lowest BCUT2D eigenvalue weighted by Crippen LogP contribution is -2.12. The second-order valence-corrected chi connectivity index (χ2v) is 3.54. The molecule has 15 heavy (non-hydrogen) atoms. The molecule has 0 fully saturated rings. The number of aromatic nitrogens is 1. The van der Waals surface area contributed by atoms with Crippen LogP contribution in [0.1, 0.15) is 23.7 Å². The summed E-state index contributed by atoms with van der Waals surface area (Å²) < 4.78 is 18.1. The Balaban J connectivity index is 2.65. The Kier molecular flexibility index (Phi) is 4.37. The molecule has 3 nitrogen and oxygen atoms in total. The lowest BCUT2D eigenvalue weighted by atomic mass is 10.0. The Bertz CT molecular complexity index is 341. The number of pyridine rings is 1. The van der Waals surface area contributed by atoms with Gasteiger partial charge in [-0.2, -0.15) is 0 Å². The fourth-order valence-electron chi connectivity index (χ4n) is 1.37. The minimum atomic E-state index is -0.563. The monoisotopic (exact) mass is 211 g/mol. The zero-order valence-electron chi connectivity index (χ0n) is 8.87. The second kappa shape index (κ2) is 5.56. The van der Waals surface area contributed by atoms with Crippen LogP contribution in [0.15, 0.2) is 18.5 Å². The molecular weight excluding hydrogens is 197 g/mol. The molecule has 0 aromatic carbocycles. The minimum absolute atomic E-state index is 0.0927. The van der Waals surface area contributed by atoms with E-state index in [1.165, 1.54) is 12.3 Å². The van der Waals surface area contributed by atoms with E-state index in [0.29, 0.717) is 6.61 Å². The van der Waals surface area contributed by atoms with Crippen LogP contribution >= 0.6 is 0 Å². The van der Waals surface area contributed by atoms with Gasteiger partial charge in [0.1, 0.15) is 0 Å². The zero-order valence-corrected chi connectivity index (χ0v) is 8.87. The first-order valence-corrected chi connectivity index (χ1v) is 4.76. The van der Waals surface area contributed by atoms with Crippen molar-refractivity contribution in [2.75, 3.05) is 13.7 Å². The highest BCUT2D eigenvalue weighted by atomic mass is 19.1. The highest BCUT2D eigenvalue weighted by molar-refractivity contribution is 5.96. The first-order valence-electron chi connectivity index (χ1n) is 4.76. The molecule has 1 rings (SSSR count). The largest absolute Gasteiger partial charge is 0.384 e. The average Bonchev–Trinajstić information content (AvgIpc) is 2.18. The molecule has 0 saturated heterocycles. The van der Waals surface area contributed by atoms with E-state index in [4.69, 9.17) is 4.74 Å². The Morgan fingerprint density at radius 2 is 2.40 bits per heavy atom. The van der Waals surface area contributed by atoms with Crippen LogP contribution in [0.4, 0.5) is 4.39 Å². The molecule has 0 aliphatic heterocycles. The normalized spacial score (nSPS) is 12.5. The molecule has 1 unspecified atom stereocenters. The van der Waals surface area contributed by atoms with E-state index < -0.39 is 5.82 Å². The number of carbonyl (C=O) groups is 1. The predicted molar refractivity (Wildman–Crippen MR) is 54.2 cm³/mol. The predicted octanol–water partition coefficient (Wildman–Crippen LogP) is 2.08.